The van der Waals surface area contributed by atoms with Gasteiger partial charge in [0.05, 0.1) is 11.0 Å². The Bertz CT molecular complexity index is 1030. The van der Waals surface area contributed by atoms with E-state index >= 15 is 0 Å². The molecule has 1 fully saturated rings. The van der Waals surface area contributed by atoms with Crippen LogP contribution in [0.4, 0.5) is 5.69 Å². The number of nitrogens with zero attached hydrogens (tertiary/aromatic N) is 3. The van der Waals surface area contributed by atoms with Gasteiger partial charge in [-0.1, -0.05) is 19.8 Å². The summed E-state index contributed by atoms with van der Waals surface area (Å²) in [6.07, 6.45) is 5.43. The van der Waals surface area contributed by atoms with E-state index in [1.807, 2.05) is 25.1 Å². The predicted molar refractivity (Wildman–Crippen MR) is 104 cm³/mol. The lowest BCUT2D eigenvalue weighted by molar-refractivity contribution is 0.102. The molecule has 0 aliphatic heterocycles. The number of rotatable bonds is 6. The third kappa shape index (κ3) is 3.63. The normalized spacial score (nSPS) is 14.3. The molecular formula is C20H23N5O2. The van der Waals surface area contributed by atoms with E-state index in [1.165, 1.54) is 36.1 Å². The molecule has 27 heavy (non-hydrogen) atoms. The molecule has 140 valence electrons. The Labute approximate surface area is 156 Å². The second-order valence-electron chi connectivity index (χ2n) is 7.07. The Morgan fingerprint density at radius 3 is 2.89 bits per heavy atom. The average molecular weight is 365 g/mol. The van der Waals surface area contributed by atoms with Crippen LogP contribution in [0.5, 0.6) is 0 Å². The highest BCUT2D eigenvalue weighted by molar-refractivity contribution is 6.03. The molecular weight excluding hydrogens is 342 g/mol. The second-order valence-corrected chi connectivity index (χ2v) is 7.07. The molecule has 1 saturated carbocycles. The summed E-state index contributed by atoms with van der Waals surface area (Å²) in [5.41, 5.74) is 2.52. The van der Waals surface area contributed by atoms with E-state index in [9.17, 15) is 9.59 Å². The van der Waals surface area contributed by atoms with Crippen molar-refractivity contribution >= 4 is 22.6 Å². The van der Waals surface area contributed by atoms with Crippen LogP contribution < -0.4 is 10.9 Å². The Morgan fingerprint density at radius 1 is 1.30 bits per heavy atom. The summed E-state index contributed by atoms with van der Waals surface area (Å²) in [5.74, 6) is 1.23. The zero-order chi connectivity index (χ0) is 18.8. The molecule has 0 unspecified atom stereocenters. The molecule has 1 amide bonds. The number of nitrogens with one attached hydrogen (secondary N) is 2. The number of hydrogen-bond acceptors (Lipinski definition) is 4. The van der Waals surface area contributed by atoms with Crippen molar-refractivity contribution in [2.75, 3.05) is 5.32 Å². The van der Waals surface area contributed by atoms with Crippen LogP contribution in [0.3, 0.4) is 0 Å². The maximum atomic E-state index is 12.5. The summed E-state index contributed by atoms with van der Waals surface area (Å²) in [4.78, 5) is 32.4. The lowest BCUT2D eigenvalue weighted by Gasteiger charge is -2.22. The summed E-state index contributed by atoms with van der Waals surface area (Å²) in [6.45, 7) is 2.56. The first kappa shape index (κ1) is 17.5. The van der Waals surface area contributed by atoms with Crippen molar-refractivity contribution in [2.24, 2.45) is 0 Å². The number of aromatic nitrogens is 4. The molecule has 7 heteroatoms. The number of benzene rings is 1. The third-order valence-electron chi connectivity index (χ3n) is 5.07. The SMILES string of the molecule is CCCCn1nc(C(=O)Nc2ccc3nc(C4CCC4)[nH]c3c2)ccc1=O. The molecule has 2 aromatic heterocycles. The molecule has 0 atom stereocenters. The monoisotopic (exact) mass is 365 g/mol. The standard InChI is InChI=1S/C20H23N5O2/c1-2-3-11-25-18(26)10-9-16(24-25)20(27)21-14-7-8-15-17(12-14)23-19(22-15)13-5-4-6-13/h7-10,12-13H,2-6,11H2,1H3,(H,21,27)(H,22,23). The Morgan fingerprint density at radius 2 is 2.15 bits per heavy atom. The zero-order valence-electron chi connectivity index (χ0n) is 15.4. The minimum atomic E-state index is -0.335. The van der Waals surface area contributed by atoms with Gasteiger partial charge in [0.1, 0.15) is 11.5 Å². The lowest BCUT2D eigenvalue weighted by Crippen LogP contribution is -2.26. The predicted octanol–water partition coefficient (Wildman–Crippen LogP) is 3.44. The Kier molecular flexibility index (Phi) is 4.75. The van der Waals surface area contributed by atoms with E-state index < -0.39 is 0 Å². The van der Waals surface area contributed by atoms with Crippen LogP contribution in [-0.2, 0) is 6.54 Å². The molecule has 0 bridgehead atoms. The highest BCUT2D eigenvalue weighted by Crippen LogP contribution is 2.35. The van der Waals surface area contributed by atoms with Crippen molar-refractivity contribution in [3.63, 3.8) is 0 Å². The van der Waals surface area contributed by atoms with Gasteiger partial charge in [0.2, 0.25) is 0 Å². The fraction of sp³-hybridized carbons (Fsp3) is 0.400. The fourth-order valence-electron chi connectivity index (χ4n) is 3.22. The zero-order valence-corrected chi connectivity index (χ0v) is 15.4. The number of anilines is 1. The minimum Gasteiger partial charge on any atom is -0.342 e. The van der Waals surface area contributed by atoms with Gasteiger partial charge in [-0.2, -0.15) is 5.10 Å². The number of carbonyl (C=O) groups is 1. The van der Waals surface area contributed by atoms with Gasteiger partial charge in [0.25, 0.3) is 11.5 Å². The smallest absolute Gasteiger partial charge is 0.276 e. The first-order chi connectivity index (χ1) is 13.1. The average Bonchev–Trinajstić information content (AvgIpc) is 3.01. The number of carbonyl (C=O) groups excluding carboxylic acids is 1. The van der Waals surface area contributed by atoms with E-state index in [1.54, 1.807) is 0 Å². The number of aromatic amines is 1. The maximum absolute atomic E-state index is 12.5. The largest absolute Gasteiger partial charge is 0.342 e. The lowest BCUT2D eigenvalue weighted by atomic mass is 9.85. The Hall–Kier alpha value is -2.96. The summed E-state index contributed by atoms with van der Waals surface area (Å²) in [5, 5.41) is 7.04. The molecule has 1 aromatic carbocycles. The molecule has 1 aliphatic carbocycles. The first-order valence-corrected chi connectivity index (χ1v) is 9.53. The van der Waals surface area contributed by atoms with Gasteiger partial charge in [-0.15, -0.1) is 0 Å². The Balaban J connectivity index is 1.52. The number of hydrogen-bond donors (Lipinski definition) is 2. The van der Waals surface area contributed by atoms with Crippen molar-refractivity contribution in [3.05, 3.63) is 52.2 Å². The van der Waals surface area contributed by atoms with E-state index in [0.717, 1.165) is 29.7 Å². The highest BCUT2D eigenvalue weighted by atomic mass is 16.2. The van der Waals surface area contributed by atoms with Crippen LogP contribution in [0.15, 0.2) is 35.1 Å². The van der Waals surface area contributed by atoms with Gasteiger partial charge in [0, 0.05) is 24.2 Å². The molecule has 0 radical (unpaired) electrons. The highest BCUT2D eigenvalue weighted by Gasteiger charge is 2.22. The van der Waals surface area contributed by atoms with Gasteiger partial charge in [-0.3, -0.25) is 9.59 Å². The van der Waals surface area contributed by atoms with Gasteiger partial charge in [-0.05, 0) is 43.5 Å². The van der Waals surface area contributed by atoms with Crippen LogP contribution in [0, 0.1) is 0 Å². The molecule has 2 heterocycles. The third-order valence-corrected chi connectivity index (χ3v) is 5.07. The van der Waals surface area contributed by atoms with Crippen LogP contribution >= 0.6 is 0 Å². The number of fused-ring (bicyclic) bond motifs is 1. The molecule has 3 aromatic rings. The van der Waals surface area contributed by atoms with E-state index in [0.29, 0.717) is 18.2 Å². The number of amides is 1. The van der Waals surface area contributed by atoms with Crippen molar-refractivity contribution in [2.45, 2.75) is 51.5 Å². The van der Waals surface area contributed by atoms with E-state index in [4.69, 9.17) is 0 Å². The molecule has 0 saturated heterocycles. The molecule has 0 spiro atoms. The summed E-state index contributed by atoms with van der Waals surface area (Å²) >= 11 is 0. The number of H-pyrrole nitrogens is 1. The molecule has 4 rings (SSSR count). The van der Waals surface area contributed by atoms with Gasteiger partial charge in [0.15, 0.2) is 0 Å². The van der Waals surface area contributed by atoms with Crippen molar-refractivity contribution < 1.29 is 4.79 Å². The second kappa shape index (κ2) is 7.34. The topological polar surface area (TPSA) is 92.7 Å². The van der Waals surface area contributed by atoms with Crippen LogP contribution in [0.2, 0.25) is 0 Å². The van der Waals surface area contributed by atoms with Crippen LogP contribution in [0.25, 0.3) is 11.0 Å². The molecule has 7 nitrogen and oxygen atoms in total. The van der Waals surface area contributed by atoms with E-state index in [-0.39, 0.29) is 17.2 Å². The summed E-state index contributed by atoms with van der Waals surface area (Å²) in [6, 6.07) is 8.47. The molecule has 1 aliphatic rings. The van der Waals surface area contributed by atoms with Gasteiger partial charge < -0.3 is 10.3 Å². The van der Waals surface area contributed by atoms with Crippen molar-refractivity contribution in [1.82, 2.24) is 19.7 Å². The summed E-state index contributed by atoms with van der Waals surface area (Å²) in [7, 11) is 0. The van der Waals surface area contributed by atoms with Crippen LogP contribution in [-0.4, -0.2) is 25.7 Å². The van der Waals surface area contributed by atoms with Crippen LogP contribution in [0.1, 0.15) is 61.3 Å². The van der Waals surface area contributed by atoms with Gasteiger partial charge >= 0.3 is 0 Å². The number of unbranched alkanes of at least 4 members (excludes halogenated alkanes) is 1. The fourth-order valence-corrected chi connectivity index (χ4v) is 3.22. The summed E-state index contributed by atoms with van der Waals surface area (Å²) < 4.78 is 1.35. The van der Waals surface area contributed by atoms with Crippen molar-refractivity contribution in [3.8, 4) is 0 Å². The number of imidazole rings is 1. The maximum Gasteiger partial charge on any atom is 0.276 e. The minimum absolute atomic E-state index is 0.192. The number of aryl methyl sites for hydroxylation is 1. The quantitative estimate of drug-likeness (QED) is 0.700. The molecule has 2 N–H and O–H groups in total. The van der Waals surface area contributed by atoms with Gasteiger partial charge in [-0.25, -0.2) is 9.67 Å². The van der Waals surface area contributed by atoms with E-state index in [2.05, 4.69) is 20.4 Å². The van der Waals surface area contributed by atoms with Crippen molar-refractivity contribution in [1.29, 1.82) is 0 Å². The first-order valence-electron chi connectivity index (χ1n) is 9.53.